The summed E-state index contributed by atoms with van der Waals surface area (Å²) in [6, 6.07) is 7.36. The quantitative estimate of drug-likeness (QED) is 0.723. The van der Waals surface area contributed by atoms with Crippen molar-refractivity contribution in [1.29, 1.82) is 0 Å². The van der Waals surface area contributed by atoms with E-state index >= 15 is 0 Å². The molecular formula is C18H27ClN4O3. The van der Waals surface area contributed by atoms with Crippen LogP contribution in [0.5, 0.6) is 5.75 Å². The van der Waals surface area contributed by atoms with Gasteiger partial charge in [0, 0.05) is 64.0 Å². The van der Waals surface area contributed by atoms with Gasteiger partial charge in [-0.1, -0.05) is 6.07 Å². The van der Waals surface area contributed by atoms with Crippen LogP contribution in [-0.2, 0) is 9.59 Å². The van der Waals surface area contributed by atoms with E-state index in [1.165, 1.54) is 0 Å². The zero-order chi connectivity index (χ0) is 17.5. The van der Waals surface area contributed by atoms with E-state index in [4.69, 9.17) is 4.74 Å². The molecule has 2 aliphatic rings. The smallest absolute Gasteiger partial charge is 0.257 e. The Morgan fingerprint density at radius 1 is 1.23 bits per heavy atom. The van der Waals surface area contributed by atoms with Crippen LogP contribution in [-0.4, -0.2) is 69.1 Å². The number of carbonyl (C=O) groups is 2. The predicted molar refractivity (Wildman–Crippen MR) is 103 cm³/mol. The third-order valence-electron chi connectivity index (χ3n) is 4.53. The van der Waals surface area contributed by atoms with E-state index in [9.17, 15) is 9.59 Å². The first kappa shape index (κ1) is 20.5. The van der Waals surface area contributed by atoms with Crippen molar-refractivity contribution in [1.82, 2.24) is 15.5 Å². The van der Waals surface area contributed by atoms with Crippen molar-refractivity contribution < 1.29 is 14.3 Å². The Morgan fingerprint density at radius 3 is 2.77 bits per heavy atom. The van der Waals surface area contributed by atoms with Gasteiger partial charge >= 0.3 is 0 Å². The van der Waals surface area contributed by atoms with E-state index in [0.717, 1.165) is 51.4 Å². The van der Waals surface area contributed by atoms with Crippen molar-refractivity contribution in [2.45, 2.75) is 12.8 Å². The summed E-state index contributed by atoms with van der Waals surface area (Å²) < 4.78 is 5.57. The van der Waals surface area contributed by atoms with Crippen LogP contribution in [0.25, 0.3) is 0 Å². The number of carbonyl (C=O) groups excluding carboxylic acids is 2. The Balaban J connectivity index is 0.00000243. The topological polar surface area (TPSA) is 73.9 Å². The van der Waals surface area contributed by atoms with Crippen molar-refractivity contribution >= 4 is 29.9 Å². The molecule has 0 radical (unpaired) electrons. The summed E-state index contributed by atoms with van der Waals surface area (Å²) in [5.41, 5.74) is 0.833. The second kappa shape index (κ2) is 10.4. The maximum absolute atomic E-state index is 11.9. The van der Waals surface area contributed by atoms with Gasteiger partial charge in [0.05, 0.1) is 0 Å². The number of amides is 2. The van der Waals surface area contributed by atoms with Crippen LogP contribution in [0.4, 0.5) is 5.69 Å². The van der Waals surface area contributed by atoms with Crippen molar-refractivity contribution in [3.05, 3.63) is 24.3 Å². The molecule has 2 amide bonds. The van der Waals surface area contributed by atoms with Gasteiger partial charge in [-0.3, -0.25) is 14.5 Å². The van der Waals surface area contributed by atoms with E-state index in [0.29, 0.717) is 18.7 Å². The molecule has 3 rings (SSSR count). The number of nitrogens with zero attached hydrogens (tertiary/aromatic N) is 2. The van der Waals surface area contributed by atoms with Crippen LogP contribution < -0.4 is 20.3 Å². The average molecular weight is 383 g/mol. The summed E-state index contributed by atoms with van der Waals surface area (Å²) >= 11 is 0. The lowest BCUT2D eigenvalue weighted by atomic mass is 10.3. The highest BCUT2D eigenvalue weighted by Crippen LogP contribution is 2.25. The molecule has 0 saturated carbocycles. The minimum atomic E-state index is -0.127. The maximum Gasteiger partial charge on any atom is 0.257 e. The van der Waals surface area contributed by atoms with E-state index in [1.54, 1.807) is 11.0 Å². The monoisotopic (exact) mass is 382 g/mol. The molecule has 0 unspecified atom stereocenters. The van der Waals surface area contributed by atoms with Crippen LogP contribution in [0.15, 0.2) is 24.3 Å². The minimum Gasteiger partial charge on any atom is -0.484 e. The minimum absolute atomic E-state index is 0. The average Bonchev–Trinajstić information content (AvgIpc) is 3.07. The Morgan fingerprint density at radius 2 is 2.04 bits per heavy atom. The predicted octanol–water partition coefficient (Wildman–Crippen LogP) is 0.635. The van der Waals surface area contributed by atoms with E-state index in [1.807, 2.05) is 18.2 Å². The SMILES string of the molecule is Cl.O=C(COc1cccc(N2CCCC2=O)c1)NCCN1CCNCC1. The number of ether oxygens (including phenoxy) is 1. The summed E-state index contributed by atoms with van der Waals surface area (Å²) in [5, 5.41) is 6.19. The first-order chi connectivity index (χ1) is 12.2. The number of nitrogens with one attached hydrogen (secondary N) is 2. The van der Waals surface area contributed by atoms with Crippen LogP contribution >= 0.6 is 12.4 Å². The fraction of sp³-hybridized carbons (Fsp3) is 0.556. The third-order valence-corrected chi connectivity index (χ3v) is 4.53. The van der Waals surface area contributed by atoms with Gasteiger partial charge < -0.3 is 20.3 Å². The van der Waals surface area contributed by atoms with Gasteiger partial charge in [0.15, 0.2) is 6.61 Å². The molecule has 0 bridgehead atoms. The van der Waals surface area contributed by atoms with Gasteiger partial charge in [0.2, 0.25) is 5.91 Å². The summed E-state index contributed by atoms with van der Waals surface area (Å²) in [4.78, 5) is 27.8. The van der Waals surface area contributed by atoms with E-state index in [2.05, 4.69) is 15.5 Å². The molecule has 0 aliphatic carbocycles. The number of anilines is 1. The van der Waals surface area contributed by atoms with Crippen molar-refractivity contribution in [3.8, 4) is 5.75 Å². The Kier molecular flexibility index (Phi) is 8.15. The molecule has 2 saturated heterocycles. The van der Waals surface area contributed by atoms with E-state index in [-0.39, 0.29) is 30.8 Å². The molecule has 0 atom stereocenters. The van der Waals surface area contributed by atoms with Gasteiger partial charge in [0.25, 0.3) is 5.91 Å². The van der Waals surface area contributed by atoms with Gasteiger partial charge in [-0.15, -0.1) is 12.4 Å². The number of piperazine rings is 1. The fourth-order valence-corrected chi connectivity index (χ4v) is 3.15. The largest absolute Gasteiger partial charge is 0.484 e. The molecule has 144 valence electrons. The van der Waals surface area contributed by atoms with Crippen molar-refractivity contribution in [2.75, 3.05) is 57.3 Å². The lowest BCUT2D eigenvalue weighted by Gasteiger charge is -2.27. The van der Waals surface area contributed by atoms with Crippen molar-refractivity contribution in [3.63, 3.8) is 0 Å². The Bertz CT molecular complexity index is 608. The molecular weight excluding hydrogens is 356 g/mol. The molecule has 2 fully saturated rings. The normalized spacial score (nSPS) is 17.7. The first-order valence-electron chi connectivity index (χ1n) is 8.95. The molecule has 0 spiro atoms. The highest BCUT2D eigenvalue weighted by molar-refractivity contribution is 5.95. The lowest BCUT2D eigenvalue weighted by Crippen LogP contribution is -2.46. The maximum atomic E-state index is 11.9. The summed E-state index contributed by atoms with van der Waals surface area (Å²) in [6.45, 7) is 6.28. The molecule has 8 heteroatoms. The molecule has 2 aliphatic heterocycles. The molecule has 0 aromatic heterocycles. The lowest BCUT2D eigenvalue weighted by molar-refractivity contribution is -0.123. The third kappa shape index (κ3) is 5.86. The van der Waals surface area contributed by atoms with Crippen LogP contribution in [0.3, 0.4) is 0 Å². The zero-order valence-corrected chi connectivity index (χ0v) is 15.7. The van der Waals surface area contributed by atoms with Gasteiger partial charge in [-0.25, -0.2) is 0 Å². The highest BCUT2D eigenvalue weighted by Gasteiger charge is 2.21. The fourth-order valence-electron chi connectivity index (χ4n) is 3.15. The van der Waals surface area contributed by atoms with Gasteiger partial charge in [0.1, 0.15) is 5.75 Å². The second-order valence-corrected chi connectivity index (χ2v) is 6.38. The highest BCUT2D eigenvalue weighted by atomic mass is 35.5. The summed E-state index contributed by atoms with van der Waals surface area (Å²) in [6.07, 6.45) is 1.49. The standard InChI is InChI=1S/C18H26N4O3.ClH/c23-17(20-8-12-21-10-6-19-7-11-21)14-25-16-4-1-3-15(13-16)22-9-2-5-18(22)24;/h1,3-4,13,19H,2,5-12,14H2,(H,20,23);1H. The van der Waals surface area contributed by atoms with E-state index < -0.39 is 0 Å². The molecule has 2 N–H and O–H groups in total. The molecule has 2 heterocycles. The number of halogens is 1. The van der Waals surface area contributed by atoms with Crippen LogP contribution in [0.1, 0.15) is 12.8 Å². The van der Waals surface area contributed by atoms with Crippen LogP contribution in [0, 0.1) is 0 Å². The van der Waals surface area contributed by atoms with Crippen molar-refractivity contribution in [2.24, 2.45) is 0 Å². The number of hydrogen-bond donors (Lipinski definition) is 2. The van der Waals surface area contributed by atoms with Gasteiger partial charge in [-0.2, -0.15) is 0 Å². The molecule has 1 aromatic carbocycles. The Labute approximate surface area is 160 Å². The molecule has 1 aromatic rings. The number of benzene rings is 1. The Hall–Kier alpha value is -1.83. The summed E-state index contributed by atoms with van der Waals surface area (Å²) in [7, 11) is 0. The molecule has 26 heavy (non-hydrogen) atoms. The molecule has 7 nitrogen and oxygen atoms in total. The number of rotatable bonds is 7. The summed E-state index contributed by atoms with van der Waals surface area (Å²) in [5.74, 6) is 0.620. The van der Waals surface area contributed by atoms with Crippen LogP contribution in [0.2, 0.25) is 0 Å². The van der Waals surface area contributed by atoms with Gasteiger partial charge in [-0.05, 0) is 18.6 Å². The first-order valence-corrected chi connectivity index (χ1v) is 8.95. The zero-order valence-electron chi connectivity index (χ0n) is 14.9. The number of hydrogen-bond acceptors (Lipinski definition) is 5. The second-order valence-electron chi connectivity index (χ2n) is 6.38.